The van der Waals surface area contributed by atoms with Crippen LogP contribution in [0, 0.1) is 6.92 Å². The molecule has 0 amide bonds. The van der Waals surface area contributed by atoms with Gasteiger partial charge in [0.2, 0.25) is 0 Å². The highest BCUT2D eigenvalue weighted by molar-refractivity contribution is 5.91. The van der Waals surface area contributed by atoms with Crippen molar-refractivity contribution in [1.29, 1.82) is 0 Å². The van der Waals surface area contributed by atoms with Crippen LogP contribution in [0.5, 0.6) is 5.75 Å². The highest BCUT2D eigenvalue weighted by atomic mass is 16.5. The van der Waals surface area contributed by atoms with Crippen LogP contribution in [0.1, 0.15) is 52.9 Å². The number of aryl methyl sites for hydroxylation is 2. The van der Waals surface area contributed by atoms with E-state index in [9.17, 15) is 4.79 Å². The van der Waals surface area contributed by atoms with E-state index < -0.39 is 0 Å². The number of methoxy groups -OCH3 is 2. The molecular weight excluding hydrogens is 338 g/mol. The van der Waals surface area contributed by atoms with E-state index in [4.69, 9.17) is 9.47 Å². The number of carbonyl (C=O) groups is 1. The largest absolute Gasteiger partial charge is 0.496 e. The van der Waals surface area contributed by atoms with Crippen molar-refractivity contribution >= 4 is 5.97 Å². The van der Waals surface area contributed by atoms with Gasteiger partial charge in [0.1, 0.15) is 5.75 Å². The van der Waals surface area contributed by atoms with Gasteiger partial charge < -0.3 is 9.47 Å². The van der Waals surface area contributed by atoms with Crippen molar-refractivity contribution in [2.75, 3.05) is 14.2 Å². The Kier molecular flexibility index (Phi) is 5.56. The third-order valence-electron chi connectivity index (χ3n) is 5.74. The standard InChI is InChI=1S/C23H29NO3/c1-16-9-10-17(13-21(16)26-4)11-12-23(2,3)24-14-18-7-6-8-19(20(18)15-24)22(25)27-5/h6-10,13H,11-12,14-15H2,1-5H3. The summed E-state index contributed by atoms with van der Waals surface area (Å²) >= 11 is 0. The van der Waals surface area contributed by atoms with Gasteiger partial charge in [0, 0.05) is 18.6 Å². The van der Waals surface area contributed by atoms with E-state index in [0.717, 1.165) is 42.8 Å². The second kappa shape index (κ2) is 7.73. The molecule has 4 heteroatoms. The number of carbonyl (C=O) groups excluding carboxylic acids is 1. The Morgan fingerprint density at radius 3 is 2.63 bits per heavy atom. The number of rotatable bonds is 6. The molecule has 0 fully saturated rings. The van der Waals surface area contributed by atoms with Crippen molar-refractivity contribution in [3.63, 3.8) is 0 Å². The molecule has 3 rings (SSSR count). The average molecular weight is 367 g/mol. The van der Waals surface area contributed by atoms with E-state index in [-0.39, 0.29) is 11.5 Å². The number of nitrogens with zero attached hydrogens (tertiary/aromatic N) is 1. The van der Waals surface area contributed by atoms with E-state index in [0.29, 0.717) is 5.56 Å². The zero-order valence-corrected chi connectivity index (χ0v) is 17.0. The fourth-order valence-corrected chi connectivity index (χ4v) is 3.78. The lowest BCUT2D eigenvalue weighted by Gasteiger charge is -2.35. The van der Waals surface area contributed by atoms with Crippen LogP contribution >= 0.6 is 0 Å². The van der Waals surface area contributed by atoms with Crippen LogP contribution in [-0.2, 0) is 24.2 Å². The first-order valence-corrected chi connectivity index (χ1v) is 9.43. The molecular formula is C23H29NO3. The Balaban J connectivity index is 1.72. The van der Waals surface area contributed by atoms with E-state index in [1.54, 1.807) is 7.11 Å². The SMILES string of the molecule is COC(=O)c1cccc2c1CN(C(C)(C)CCc1ccc(C)c(OC)c1)C2. The predicted molar refractivity (Wildman–Crippen MR) is 107 cm³/mol. The summed E-state index contributed by atoms with van der Waals surface area (Å²) in [6.07, 6.45) is 2.01. The summed E-state index contributed by atoms with van der Waals surface area (Å²) in [6, 6.07) is 12.4. The maximum Gasteiger partial charge on any atom is 0.338 e. The Bertz CT molecular complexity index is 842. The van der Waals surface area contributed by atoms with E-state index in [2.05, 4.69) is 49.9 Å². The van der Waals surface area contributed by atoms with E-state index in [1.807, 2.05) is 12.1 Å². The number of hydrogen-bond donors (Lipinski definition) is 0. The molecule has 4 nitrogen and oxygen atoms in total. The van der Waals surface area contributed by atoms with Crippen molar-refractivity contribution in [3.05, 3.63) is 64.2 Å². The summed E-state index contributed by atoms with van der Waals surface area (Å²) in [6.45, 7) is 8.27. The molecule has 0 aliphatic carbocycles. The lowest BCUT2D eigenvalue weighted by Crippen LogP contribution is -2.40. The molecule has 0 N–H and O–H groups in total. The monoisotopic (exact) mass is 367 g/mol. The average Bonchev–Trinajstić information content (AvgIpc) is 3.12. The lowest BCUT2D eigenvalue weighted by atomic mass is 9.93. The summed E-state index contributed by atoms with van der Waals surface area (Å²) in [5, 5.41) is 0. The maximum absolute atomic E-state index is 12.1. The van der Waals surface area contributed by atoms with E-state index >= 15 is 0 Å². The number of ether oxygens (including phenoxy) is 2. The second-order valence-electron chi connectivity index (χ2n) is 7.91. The minimum Gasteiger partial charge on any atom is -0.496 e. The van der Waals surface area contributed by atoms with Gasteiger partial charge in [-0.05, 0) is 68.0 Å². The normalized spacial score (nSPS) is 14.1. The zero-order chi connectivity index (χ0) is 19.6. The summed E-state index contributed by atoms with van der Waals surface area (Å²) in [4.78, 5) is 14.5. The number of hydrogen-bond acceptors (Lipinski definition) is 4. The molecule has 0 radical (unpaired) electrons. The summed E-state index contributed by atoms with van der Waals surface area (Å²) < 4.78 is 10.4. The van der Waals surface area contributed by atoms with E-state index in [1.165, 1.54) is 18.2 Å². The van der Waals surface area contributed by atoms with Crippen molar-refractivity contribution < 1.29 is 14.3 Å². The van der Waals surface area contributed by atoms with Gasteiger partial charge in [-0.25, -0.2) is 4.79 Å². The third kappa shape index (κ3) is 4.01. The zero-order valence-electron chi connectivity index (χ0n) is 17.0. The van der Waals surface area contributed by atoms with Gasteiger partial charge in [-0.15, -0.1) is 0 Å². The Labute approximate surface area is 162 Å². The number of esters is 1. The summed E-state index contributed by atoms with van der Waals surface area (Å²) in [7, 11) is 3.16. The molecule has 1 heterocycles. The number of fused-ring (bicyclic) bond motifs is 1. The highest BCUT2D eigenvalue weighted by Gasteiger charge is 2.33. The topological polar surface area (TPSA) is 38.8 Å². The fourth-order valence-electron chi connectivity index (χ4n) is 3.78. The molecule has 27 heavy (non-hydrogen) atoms. The van der Waals surface area contributed by atoms with Gasteiger partial charge in [0.15, 0.2) is 0 Å². The molecule has 2 aromatic carbocycles. The van der Waals surface area contributed by atoms with Gasteiger partial charge in [0.25, 0.3) is 0 Å². The van der Waals surface area contributed by atoms with Crippen LogP contribution in [0.25, 0.3) is 0 Å². The van der Waals surface area contributed by atoms with Gasteiger partial charge in [-0.1, -0.05) is 24.3 Å². The van der Waals surface area contributed by atoms with Crippen LogP contribution in [0.4, 0.5) is 0 Å². The van der Waals surface area contributed by atoms with Crippen molar-refractivity contribution in [3.8, 4) is 5.75 Å². The van der Waals surface area contributed by atoms with Gasteiger partial charge >= 0.3 is 5.97 Å². The molecule has 0 atom stereocenters. The van der Waals surface area contributed by atoms with Crippen molar-refractivity contribution in [2.24, 2.45) is 0 Å². The fraction of sp³-hybridized carbons (Fsp3) is 0.435. The molecule has 144 valence electrons. The Morgan fingerprint density at radius 2 is 1.93 bits per heavy atom. The lowest BCUT2D eigenvalue weighted by molar-refractivity contribution is 0.0596. The van der Waals surface area contributed by atoms with Gasteiger partial charge in [0.05, 0.1) is 19.8 Å². The summed E-state index contributed by atoms with van der Waals surface area (Å²) in [5.74, 6) is 0.694. The molecule has 1 aliphatic heterocycles. The molecule has 0 bridgehead atoms. The summed E-state index contributed by atoms with van der Waals surface area (Å²) in [5.41, 5.74) is 5.49. The van der Waals surface area contributed by atoms with Crippen molar-refractivity contribution in [1.82, 2.24) is 4.90 Å². The van der Waals surface area contributed by atoms with Crippen molar-refractivity contribution in [2.45, 2.75) is 52.2 Å². The van der Waals surface area contributed by atoms with Gasteiger partial charge in [-0.2, -0.15) is 0 Å². The van der Waals surface area contributed by atoms with Crippen LogP contribution in [-0.4, -0.2) is 30.6 Å². The quantitative estimate of drug-likeness (QED) is 0.704. The third-order valence-corrected chi connectivity index (χ3v) is 5.74. The first-order valence-electron chi connectivity index (χ1n) is 9.43. The Hall–Kier alpha value is -2.33. The molecule has 0 spiro atoms. The maximum atomic E-state index is 12.1. The molecule has 1 aliphatic rings. The molecule has 2 aromatic rings. The minimum absolute atomic E-state index is 0.0184. The first-order chi connectivity index (χ1) is 12.9. The molecule has 0 unspecified atom stereocenters. The van der Waals surface area contributed by atoms with Gasteiger partial charge in [-0.3, -0.25) is 4.90 Å². The number of benzene rings is 2. The molecule has 0 aromatic heterocycles. The first kappa shape index (κ1) is 19.4. The molecule has 0 saturated heterocycles. The highest BCUT2D eigenvalue weighted by Crippen LogP contribution is 2.34. The van der Waals surface area contributed by atoms with Crippen LogP contribution in [0.2, 0.25) is 0 Å². The minimum atomic E-state index is -0.252. The predicted octanol–water partition coefficient (Wildman–Crippen LogP) is 4.52. The Morgan fingerprint density at radius 1 is 1.15 bits per heavy atom. The van der Waals surface area contributed by atoms with Crippen LogP contribution in [0.15, 0.2) is 36.4 Å². The second-order valence-corrected chi connectivity index (χ2v) is 7.91. The molecule has 0 saturated carbocycles. The smallest absolute Gasteiger partial charge is 0.338 e. The van der Waals surface area contributed by atoms with Crippen LogP contribution in [0.3, 0.4) is 0 Å². The van der Waals surface area contributed by atoms with Crippen LogP contribution < -0.4 is 4.74 Å².